The van der Waals surface area contributed by atoms with Crippen molar-refractivity contribution in [3.05, 3.63) is 46.0 Å². The predicted octanol–water partition coefficient (Wildman–Crippen LogP) is 3.41. The van der Waals surface area contributed by atoms with E-state index < -0.39 is 5.97 Å². The summed E-state index contributed by atoms with van der Waals surface area (Å²) in [6, 6.07) is 8.85. The van der Waals surface area contributed by atoms with Gasteiger partial charge in [-0.15, -0.1) is 22.7 Å². The molecule has 0 saturated heterocycles. The number of anilines is 2. The number of carbonyl (C=O) groups is 3. The number of esters is 1. The molecular formula is C20H17N3O5S2. The molecule has 10 heteroatoms. The summed E-state index contributed by atoms with van der Waals surface area (Å²) in [7, 11) is 0. The van der Waals surface area contributed by atoms with Gasteiger partial charge >= 0.3 is 5.97 Å². The summed E-state index contributed by atoms with van der Waals surface area (Å²) in [5, 5.41) is 6.90. The molecule has 154 valence electrons. The maximum Gasteiger partial charge on any atom is 0.326 e. The minimum absolute atomic E-state index is 0.138. The Morgan fingerprint density at radius 2 is 2.17 bits per heavy atom. The molecule has 0 aliphatic carbocycles. The molecule has 0 unspecified atom stereocenters. The topological polar surface area (TPSA) is 97.8 Å². The van der Waals surface area contributed by atoms with Crippen LogP contribution in [0.5, 0.6) is 5.75 Å². The summed E-state index contributed by atoms with van der Waals surface area (Å²) in [4.78, 5) is 42.9. The predicted molar refractivity (Wildman–Crippen MR) is 114 cm³/mol. The van der Waals surface area contributed by atoms with Gasteiger partial charge in [-0.1, -0.05) is 6.07 Å². The molecule has 8 nitrogen and oxygen atoms in total. The normalized spacial score (nSPS) is 12.8. The monoisotopic (exact) mass is 443 g/mol. The Bertz CT molecular complexity index is 1090. The molecule has 2 amide bonds. The van der Waals surface area contributed by atoms with E-state index in [1.165, 1.54) is 27.6 Å². The Morgan fingerprint density at radius 3 is 2.93 bits per heavy atom. The van der Waals surface area contributed by atoms with Gasteiger partial charge in [0.05, 0.1) is 22.9 Å². The van der Waals surface area contributed by atoms with Crippen LogP contribution in [0.15, 0.2) is 41.1 Å². The van der Waals surface area contributed by atoms with E-state index in [0.717, 1.165) is 5.56 Å². The Labute approximate surface area is 180 Å². The molecule has 3 heterocycles. The van der Waals surface area contributed by atoms with E-state index in [-0.39, 0.29) is 31.6 Å². The number of hydrogen-bond acceptors (Lipinski definition) is 8. The molecule has 1 aliphatic heterocycles. The minimum atomic E-state index is -0.490. The third kappa shape index (κ3) is 4.19. The molecule has 0 saturated carbocycles. The average Bonchev–Trinajstić information content (AvgIpc) is 3.42. The van der Waals surface area contributed by atoms with Gasteiger partial charge in [0.1, 0.15) is 12.3 Å². The van der Waals surface area contributed by atoms with Gasteiger partial charge in [0, 0.05) is 10.9 Å². The smallest absolute Gasteiger partial charge is 0.326 e. The van der Waals surface area contributed by atoms with Crippen LogP contribution in [-0.4, -0.2) is 42.5 Å². The summed E-state index contributed by atoms with van der Waals surface area (Å²) in [6.45, 7) is 1.62. The standard InChI is InChI=1S/C20H17N3O5S2/c1-2-27-18(25)9-23-14-8-12(5-6-15(14)28-10-17(23)24)13-11-30-20(21-13)22-19(26)16-4-3-7-29-16/h3-8,11H,2,9-10H2,1H3,(H,21,22,26). The number of nitrogens with zero attached hydrogens (tertiary/aromatic N) is 2. The zero-order valence-corrected chi connectivity index (χ0v) is 17.5. The van der Waals surface area contributed by atoms with Crippen molar-refractivity contribution in [3.63, 3.8) is 0 Å². The van der Waals surface area contributed by atoms with Crippen molar-refractivity contribution in [2.45, 2.75) is 6.92 Å². The SMILES string of the molecule is CCOC(=O)CN1C(=O)COc2ccc(-c3csc(NC(=O)c4cccs4)n3)cc21. The number of thiophene rings is 1. The number of carbonyl (C=O) groups excluding carboxylic acids is 3. The molecule has 0 fully saturated rings. The van der Waals surface area contributed by atoms with Crippen LogP contribution >= 0.6 is 22.7 Å². The van der Waals surface area contributed by atoms with Crippen LogP contribution in [0.25, 0.3) is 11.3 Å². The van der Waals surface area contributed by atoms with Gasteiger partial charge in [0.15, 0.2) is 11.7 Å². The van der Waals surface area contributed by atoms with Crippen LogP contribution in [-0.2, 0) is 14.3 Å². The number of nitrogens with one attached hydrogen (secondary N) is 1. The molecule has 4 rings (SSSR count). The van der Waals surface area contributed by atoms with Crippen molar-refractivity contribution >= 4 is 51.3 Å². The van der Waals surface area contributed by atoms with E-state index in [0.29, 0.717) is 27.1 Å². The van der Waals surface area contributed by atoms with Gasteiger partial charge in [-0.2, -0.15) is 0 Å². The molecule has 1 N–H and O–H groups in total. The van der Waals surface area contributed by atoms with Gasteiger partial charge in [0.25, 0.3) is 11.8 Å². The first-order valence-corrected chi connectivity index (χ1v) is 10.8. The van der Waals surface area contributed by atoms with Crippen molar-refractivity contribution in [1.82, 2.24) is 4.98 Å². The Hall–Kier alpha value is -3.24. The molecule has 30 heavy (non-hydrogen) atoms. The number of fused-ring (bicyclic) bond motifs is 1. The first-order chi connectivity index (χ1) is 14.5. The van der Waals surface area contributed by atoms with Crippen LogP contribution in [0.2, 0.25) is 0 Å². The quantitative estimate of drug-likeness (QED) is 0.587. The lowest BCUT2D eigenvalue weighted by atomic mass is 10.1. The minimum Gasteiger partial charge on any atom is -0.482 e. The molecule has 0 atom stereocenters. The summed E-state index contributed by atoms with van der Waals surface area (Å²) in [6.07, 6.45) is 0. The van der Waals surface area contributed by atoms with E-state index >= 15 is 0 Å². The summed E-state index contributed by atoms with van der Waals surface area (Å²) in [5.74, 6) is -0.522. The second kappa shape index (κ2) is 8.64. The van der Waals surface area contributed by atoms with E-state index in [1.807, 2.05) is 22.9 Å². The van der Waals surface area contributed by atoms with Gasteiger partial charge in [-0.25, -0.2) is 4.98 Å². The fraction of sp³-hybridized carbons (Fsp3) is 0.200. The first-order valence-electron chi connectivity index (χ1n) is 9.08. The second-order valence-electron chi connectivity index (χ2n) is 6.23. The molecule has 1 aromatic carbocycles. The fourth-order valence-corrected chi connectivity index (χ4v) is 4.23. The van der Waals surface area contributed by atoms with Crippen LogP contribution in [0.4, 0.5) is 10.8 Å². The molecule has 0 spiro atoms. The summed E-state index contributed by atoms with van der Waals surface area (Å²) < 4.78 is 10.5. The van der Waals surface area contributed by atoms with E-state index in [2.05, 4.69) is 10.3 Å². The highest BCUT2D eigenvalue weighted by molar-refractivity contribution is 7.14. The number of benzene rings is 1. The van der Waals surface area contributed by atoms with Gasteiger partial charge in [-0.05, 0) is 36.6 Å². The lowest BCUT2D eigenvalue weighted by Crippen LogP contribution is -2.42. The molecule has 1 aliphatic rings. The number of ether oxygens (including phenoxy) is 2. The van der Waals surface area contributed by atoms with Crippen LogP contribution in [0.3, 0.4) is 0 Å². The van der Waals surface area contributed by atoms with Crippen molar-refractivity contribution in [2.75, 3.05) is 30.0 Å². The molecule has 0 bridgehead atoms. The summed E-state index contributed by atoms with van der Waals surface area (Å²) in [5.41, 5.74) is 1.85. The molecule has 2 aromatic heterocycles. The lowest BCUT2D eigenvalue weighted by Gasteiger charge is -2.28. The average molecular weight is 444 g/mol. The Balaban J connectivity index is 1.57. The number of thiazole rings is 1. The summed E-state index contributed by atoms with van der Waals surface area (Å²) >= 11 is 2.65. The number of amides is 2. The number of hydrogen-bond donors (Lipinski definition) is 1. The highest BCUT2D eigenvalue weighted by Gasteiger charge is 2.28. The van der Waals surface area contributed by atoms with Crippen molar-refractivity contribution in [1.29, 1.82) is 0 Å². The van der Waals surface area contributed by atoms with Gasteiger partial charge in [0.2, 0.25) is 0 Å². The molecule has 0 radical (unpaired) electrons. The van der Waals surface area contributed by atoms with E-state index in [4.69, 9.17) is 9.47 Å². The Kier molecular flexibility index (Phi) is 5.77. The zero-order valence-electron chi connectivity index (χ0n) is 15.9. The third-order valence-electron chi connectivity index (χ3n) is 4.26. The third-order valence-corrected chi connectivity index (χ3v) is 5.89. The second-order valence-corrected chi connectivity index (χ2v) is 8.03. The highest BCUT2D eigenvalue weighted by atomic mass is 32.1. The maximum absolute atomic E-state index is 12.3. The largest absolute Gasteiger partial charge is 0.482 e. The zero-order chi connectivity index (χ0) is 21.1. The number of aromatic nitrogens is 1. The van der Waals surface area contributed by atoms with Crippen molar-refractivity contribution in [3.8, 4) is 17.0 Å². The van der Waals surface area contributed by atoms with Gasteiger partial charge in [-0.3, -0.25) is 24.6 Å². The molecular weight excluding hydrogens is 426 g/mol. The van der Waals surface area contributed by atoms with Crippen LogP contribution in [0.1, 0.15) is 16.6 Å². The highest BCUT2D eigenvalue weighted by Crippen LogP contribution is 2.36. The van der Waals surface area contributed by atoms with E-state index in [1.54, 1.807) is 25.1 Å². The Morgan fingerprint density at radius 1 is 1.30 bits per heavy atom. The first kappa shape index (κ1) is 20.0. The van der Waals surface area contributed by atoms with Crippen molar-refractivity contribution in [2.24, 2.45) is 0 Å². The van der Waals surface area contributed by atoms with Gasteiger partial charge < -0.3 is 9.47 Å². The van der Waals surface area contributed by atoms with Crippen LogP contribution < -0.4 is 15.0 Å². The fourth-order valence-electron chi connectivity index (χ4n) is 2.90. The maximum atomic E-state index is 12.3. The van der Waals surface area contributed by atoms with E-state index in [9.17, 15) is 14.4 Å². The molecule has 3 aromatic rings. The van der Waals surface area contributed by atoms with Crippen molar-refractivity contribution < 1.29 is 23.9 Å². The number of rotatable bonds is 6. The lowest BCUT2D eigenvalue weighted by molar-refractivity contribution is -0.142. The van der Waals surface area contributed by atoms with Crippen LogP contribution in [0, 0.1) is 0 Å².